The number of aryl methyl sites for hydroxylation is 1. The number of hydrogen-bond donors (Lipinski definition) is 1. The Kier molecular flexibility index (Phi) is 3.58. The highest BCUT2D eigenvalue weighted by atomic mass is 32.1. The molecule has 2 aromatic heterocycles. The van der Waals surface area contributed by atoms with Crippen LogP contribution in [0.1, 0.15) is 12.6 Å². The predicted octanol–water partition coefficient (Wildman–Crippen LogP) is 2.47. The van der Waals surface area contributed by atoms with E-state index in [0.717, 1.165) is 32.4 Å². The summed E-state index contributed by atoms with van der Waals surface area (Å²) >= 11 is 3.22. The van der Waals surface area contributed by atoms with Gasteiger partial charge in [0.2, 0.25) is 5.13 Å². The van der Waals surface area contributed by atoms with Crippen LogP contribution in [0.2, 0.25) is 0 Å². The molecule has 0 aliphatic rings. The number of rotatable bonds is 4. The second kappa shape index (κ2) is 4.97. The molecule has 2 heterocycles. The van der Waals surface area contributed by atoms with Crippen molar-refractivity contribution in [2.45, 2.75) is 13.8 Å². The molecule has 0 saturated carbocycles. The van der Waals surface area contributed by atoms with Gasteiger partial charge >= 0.3 is 0 Å². The van der Waals surface area contributed by atoms with E-state index >= 15 is 0 Å². The van der Waals surface area contributed by atoms with Crippen molar-refractivity contribution in [2.24, 2.45) is 0 Å². The smallest absolute Gasteiger partial charge is 0.206 e. The summed E-state index contributed by atoms with van der Waals surface area (Å²) in [5.74, 6) is 0. The van der Waals surface area contributed by atoms with Gasteiger partial charge in [0, 0.05) is 20.6 Å². The van der Waals surface area contributed by atoms with Crippen LogP contribution in [0.15, 0.2) is 0 Å². The lowest BCUT2D eigenvalue weighted by Gasteiger charge is -2.04. The molecule has 1 N–H and O–H groups in total. The molecule has 0 radical (unpaired) electrons. The Hall–Kier alpha value is -1.21. The molecule has 0 fully saturated rings. The Balaban J connectivity index is 2.31. The summed E-state index contributed by atoms with van der Waals surface area (Å²) in [5, 5.41) is 14.3. The number of thiazole rings is 1. The molecule has 7 heteroatoms. The molecule has 0 aliphatic carbocycles. The van der Waals surface area contributed by atoms with Crippen molar-refractivity contribution in [1.29, 1.82) is 0 Å². The normalized spacial score (nSPS) is 10.6. The lowest BCUT2D eigenvalue weighted by molar-refractivity contribution is 1.07. The van der Waals surface area contributed by atoms with Crippen molar-refractivity contribution in [3.8, 4) is 9.88 Å². The Bertz CT molecular complexity index is 503. The molecule has 5 nitrogen and oxygen atoms in total. The second-order valence-corrected chi connectivity index (χ2v) is 5.70. The van der Waals surface area contributed by atoms with Gasteiger partial charge in [-0.15, -0.1) is 10.2 Å². The van der Waals surface area contributed by atoms with E-state index in [-0.39, 0.29) is 0 Å². The van der Waals surface area contributed by atoms with E-state index in [1.54, 1.807) is 22.7 Å². The second-order valence-electron chi connectivity index (χ2n) is 3.75. The molecule has 0 amide bonds. The zero-order valence-corrected chi connectivity index (χ0v) is 11.9. The van der Waals surface area contributed by atoms with Crippen LogP contribution in [-0.4, -0.2) is 35.8 Å². The highest BCUT2D eigenvalue weighted by Crippen LogP contribution is 2.36. The van der Waals surface area contributed by atoms with Crippen LogP contribution in [0.3, 0.4) is 0 Å². The zero-order valence-electron chi connectivity index (χ0n) is 10.3. The van der Waals surface area contributed by atoms with E-state index in [2.05, 4.69) is 20.5 Å². The van der Waals surface area contributed by atoms with Gasteiger partial charge in [0.05, 0.1) is 10.6 Å². The lowest BCUT2D eigenvalue weighted by Crippen LogP contribution is -2.07. The SMILES string of the molecule is CCNc1nnc(-c2sc(N(C)C)nc2C)s1. The molecule has 0 spiro atoms. The van der Waals surface area contributed by atoms with Crippen LogP contribution in [0.5, 0.6) is 0 Å². The molecular formula is C10H15N5S2. The standard InChI is InChI=1S/C10H15N5S2/c1-5-11-9-14-13-8(17-9)7-6(2)12-10(16-7)15(3)4/h5H2,1-4H3,(H,11,14). The third-order valence-corrected chi connectivity index (χ3v) is 4.47. The van der Waals surface area contributed by atoms with Gasteiger partial charge in [-0.3, -0.25) is 0 Å². The molecule has 2 aromatic rings. The van der Waals surface area contributed by atoms with Crippen LogP contribution in [0.25, 0.3) is 9.88 Å². The van der Waals surface area contributed by atoms with Crippen molar-refractivity contribution in [3.05, 3.63) is 5.69 Å². The summed E-state index contributed by atoms with van der Waals surface area (Å²) in [6.07, 6.45) is 0. The average Bonchev–Trinajstić information content (AvgIpc) is 2.85. The van der Waals surface area contributed by atoms with Crippen LogP contribution < -0.4 is 10.2 Å². The molecule has 0 unspecified atom stereocenters. The fourth-order valence-corrected chi connectivity index (χ4v) is 3.23. The van der Waals surface area contributed by atoms with E-state index in [9.17, 15) is 0 Å². The van der Waals surface area contributed by atoms with Gasteiger partial charge in [0.1, 0.15) is 0 Å². The minimum atomic E-state index is 0.860. The Morgan fingerprint density at radius 3 is 2.59 bits per heavy atom. The molecule has 17 heavy (non-hydrogen) atoms. The van der Waals surface area contributed by atoms with Crippen LogP contribution >= 0.6 is 22.7 Å². The maximum Gasteiger partial charge on any atom is 0.206 e. The summed E-state index contributed by atoms with van der Waals surface area (Å²) < 4.78 is 0. The summed E-state index contributed by atoms with van der Waals surface area (Å²) in [6, 6.07) is 0. The first kappa shape index (κ1) is 12.3. The van der Waals surface area contributed by atoms with Crippen LogP contribution in [0.4, 0.5) is 10.3 Å². The first-order chi connectivity index (χ1) is 8.11. The van der Waals surface area contributed by atoms with E-state index in [4.69, 9.17) is 0 Å². The first-order valence-corrected chi connectivity index (χ1v) is 6.97. The third-order valence-electron chi connectivity index (χ3n) is 2.12. The van der Waals surface area contributed by atoms with E-state index in [1.807, 2.05) is 32.8 Å². The number of aromatic nitrogens is 3. The van der Waals surface area contributed by atoms with Gasteiger partial charge in [0.15, 0.2) is 10.1 Å². The summed E-state index contributed by atoms with van der Waals surface area (Å²) in [7, 11) is 3.98. The monoisotopic (exact) mass is 269 g/mol. The molecule has 0 bridgehead atoms. The molecule has 0 aliphatic heterocycles. The van der Waals surface area contributed by atoms with Crippen molar-refractivity contribution in [1.82, 2.24) is 15.2 Å². The maximum atomic E-state index is 4.50. The lowest BCUT2D eigenvalue weighted by atomic mass is 10.4. The van der Waals surface area contributed by atoms with E-state index in [0.29, 0.717) is 0 Å². The average molecular weight is 269 g/mol. The van der Waals surface area contributed by atoms with Crippen molar-refractivity contribution >= 4 is 32.9 Å². The Morgan fingerprint density at radius 1 is 1.24 bits per heavy atom. The largest absolute Gasteiger partial charge is 0.360 e. The minimum Gasteiger partial charge on any atom is -0.360 e. The van der Waals surface area contributed by atoms with Crippen molar-refractivity contribution < 1.29 is 0 Å². The number of nitrogens with one attached hydrogen (secondary N) is 1. The number of hydrogen-bond acceptors (Lipinski definition) is 7. The summed E-state index contributed by atoms with van der Waals surface area (Å²) in [4.78, 5) is 7.62. The molecule has 2 rings (SSSR count). The van der Waals surface area contributed by atoms with Crippen molar-refractivity contribution in [2.75, 3.05) is 30.9 Å². The van der Waals surface area contributed by atoms with E-state index < -0.39 is 0 Å². The van der Waals surface area contributed by atoms with E-state index in [1.165, 1.54) is 0 Å². The number of nitrogens with zero attached hydrogens (tertiary/aromatic N) is 4. The van der Waals surface area contributed by atoms with Gasteiger partial charge in [0.25, 0.3) is 0 Å². The number of anilines is 2. The van der Waals surface area contributed by atoms with Crippen LogP contribution in [-0.2, 0) is 0 Å². The molecule has 0 atom stereocenters. The third kappa shape index (κ3) is 2.55. The van der Waals surface area contributed by atoms with Crippen molar-refractivity contribution in [3.63, 3.8) is 0 Å². The Morgan fingerprint density at radius 2 is 2.00 bits per heavy atom. The predicted molar refractivity (Wildman–Crippen MR) is 74.2 cm³/mol. The van der Waals surface area contributed by atoms with Crippen LogP contribution in [0, 0.1) is 6.92 Å². The fraction of sp³-hybridized carbons (Fsp3) is 0.500. The zero-order chi connectivity index (χ0) is 12.4. The Labute approximate surface area is 109 Å². The van der Waals surface area contributed by atoms with Gasteiger partial charge < -0.3 is 10.2 Å². The minimum absolute atomic E-state index is 0.860. The van der Waals surface area contributed by atoms with Gasteiger partial charge in [-0.25, -0.2) is 4.98 Å². The topological polar surface area (TPSA) is 53.9 Å². The summed E-state index contributed by atoms with van der Waals surface area (Å²) in [5.41, 5.74) is 1.01. The quantitative estimate of drug-likeness (QED) is 0.924. The molecule has 0 aromatic carbocycles. The molecular weight excluding hydrogens is 254 g/mol. The fourth-order valence-electron chi connectivity index (χ4n) is 1.31. The highest BCUT2D eigenvalue weighted by Gasteiger charge is 2.15. The molecule has 0 saturated heterocycles. The first-order valence-electron chi connectivity index (χ1n) is 5.34. The van der Waals surface area contributed by atoms with Gasteiger partial charge in [-0.2, -0.15) is 0 Å². The molecule has 92 valence electrons. The summed E-state index contributed by atoms with van der Waals surface area (Å²) in [6.45, 7) is 4.91. The van der Waals surface area contributed by atoms with Gasteiger partial charge in [-0.1, -0.05) is 22.7 Å². The van der Waals surface area contributed by atoms with Gasteiger partial charge in [-0.05, 0) is 13.8 Å². The highest BCUT2D eigenvalue weighted by molar-refractivity contribution is 7.25. The maximum absolute atomic E-state index is 4.50.